The number of imidazole rings is 1. The van der Waals surface area contributed by atoms with Crippen LogP contribution in [0.4, 0.5) is 16.4 Å². The van der Waals surface area contributed by atoms with Gasteiger partial charge in [-0.2, -0.15) is 5.26 Å². The van der Waals surface area contributed by atoms with E-state index < -0.39 is 6.09 Å². The maximum atomic E-state index is 13.0. The Morgan fingerprint density at radius 2 is 2.03 bits per heavy atom. The number of rotatable bonds is 4. The Bertz CT molecular complexity index is 1290. The van der Waals surface area contributed by atoms with Crippen LogP contribution in [0.5, 0.6) is 0 Å². The van der Waals surface area contributed by atoms with E-state index in [1.165, 1.54) is 12.0 Å². The van der Waals surface area contributed by atoms with Gasteiger partial charge in [0, 0.05) is 24.0 Å². The Hall–Kier alpha value is -3.86. The second-order valence-corrected chi connectivity index (χ2v) is 8.19. The molecule has 162 valence electrons. The predicted molar refractivity (Wildman–Crippen MR) is 122 cm³/mol. The largest absolute Gasteiger partial charge is 0.452 e. The van der Waals surface area contributed by atoms with E-state index in [-0.39, 0.29) is 6.04 Å². The smallest absolute Gasteiger partial charge is 0.421 e. The fraction of sp³-hybridized carbons (Fsp3) is 0.333. The van der Waals surface area contributed by atoms with E-state index in [0.29, 0.717) is 24.0 Å². The highest BCUT2D eigenvalue weighted by molar-refractivity contribution is 6.04. The molecule has 0 atom stereocenters. The van der Waals surface area contributed by atoms with E-state index in [2.05, 4.69) is 20.6 Å². The number of amides is 1. The summed E-state index contributed by atoms with van der Waals surface area (Å²) in [6, 6.07) is 13.9. The summed E-state index contributed by atoms with van der Waals surface area (Å²) in [6.45, 7) is 0. The van der Waals surface area contributed by atoms with Gasteiger partial charge >= 0.3 is 6.09 Å². The number of benzene rings is 1. The van der Waals surface area contributed by atoms with Crippen molar-refractivity contribution in [3.63, 3.8) is 0 Å². The van der Waals surface area contributed by atoms with Crippen LogP contribution in [0.25, 0.3) is 22.1 Å². The molecular weight excluding hydrogens is 404 g/mol. The number of aromatic nitrogens is 4. The Labute approximate surface area is 185 Å². The van der Waals surface area contributed by atoms with E-state index in [9.17, 15) is 4.79 Å². The van der Waals surface area contributed by atoms with Crippen molar-refractivity contribution in [3.05, 3.63) is 48.8 Å². The summed E-state index contributed by atoms with van der Waals surface area (Å²) >= 11 is 0. The predicted octanol–water partition coefficient (Wildman–Crippen LogP) is 5.46. The lowest BCUT2D eigenvalue weighted by Crippen LogP contribution is -2.30. The van der Waals surface area contributed by atoms with Gasteiger partial charge < -0.3 is 14.3 Å². The first-order valence-electron chi connectivity index (χ1n) is 10.9. The normalized spacial score (nSPS) is 18.5. The van der Waals surface area contributed by atoms with Crippen molar-refractivity contribution in [2.24, 2.45) is 5.92 Å². The van der Waals surface area contributed by atoms with Gasteiger partial charge in [0.2, 0.25) is 5.95 Å². The molecule has 0 radical (unpaired) electrons. The maximum Gasteiger partial charge on any atom is 0.421 e. The molecule has 8 nitrogen and oxygen atoms in total. The van der Waals surface area contributed by atoms with Gasteiger partial charge in [-0.25, -0.2) is 19.7 Å². The monoisotopic (exact) mass is 428 g/mol. The van der Waals surface area contributed by atoms with Crippen molar-refractivity contribution in [1.29, 1.82) is 5.26 Å². The molecule has 1 fully saturated rings. The number of hydrogen-bond acceptors (Lipinski definition) is 5. The summed E-state index contributed by atoms with van der Waals surface area (Å²) in [5.41, 5.74) is 3.16. The minimum absolute atomic E-state index is 0.154. The summed E-state index contributed by atoms with van der Waals surface area (Å²) in [7, 11) is 1.38. The number of pyridine rings is 1. The van der Waals surface area contributed by atoms with Crippen LogP contribution in [0.2, 0.25) is 0 Å². The highest BCUT2D eigenvalue weighted by Crippen LogP contribution is 2.41. The molecule has 1 amide bonds. The van der Waals surface area contributed by atoms with Gasteiger partial charge in [0.1, 0.15) is 11.2 Å². The van der Waals surface area contributed by atoms with E-state index >= 15 is 0 Å². The highest BCUT2D eigenvalue weighted by Gasteiger charge is 2.32. The summed E-state index contributed by atoms with van der Waals surface area (Å²) < 4.78 is 7.34. The first kappa shape index (κ1) is 20.1. The molecule has 1 aliphatic rings. The number of nitrogens with one attached hydrogen (secondary N) is 1. The number of para-hydroxylation sites is 1. The van der Waals surface area contributed by atoms with Gasteiger partial charge in [0.05, 0.1) is 30.6 Å². The van der Waals surface area contributed by atoms with Crippen LogP contribution in [0, 0.1) is 17.2 Å². The van der Waals surface area contributed by atoms with E-state index in [0.717, 1.165) is 47.8 Å². The van der Waals surface area contributed by atoms with Gasteiger partial charge in [-0.05, 0) is 49.8 Å². The number of nitrogens with zero attached hydrogens (tertiary/aromatic N) is 5. The van der Waals surface area contributed by atoms with Crippen LogP contribution in [-0.4, -0.2) is 32.7 Å². The minimum Gasteiger partial charge on any atom is -0.452 e. The van der Waals surface area contributed by atoms with Crippen LogP contribution in [0.1, 0.15) is 38.1 Å². The van der Waals surface area contributed by atoms with Gasteiger partial charge in [-0.15, -0.1) is 0 Å². The van der Waals surface area contributed by atoms with Crippen LogP contribution >= 0.6 is 0 Å². The third kappa shape index (κ3) is 3.36. The molecule has 0 bridgehead atoms. The molecule has 0 aliphatic heterocycles. The Morgan fingerprint density at radius 3 is 2.75 bits per heavy atom. The first-order chi connectivity index (χ1) is 15.7. The summed E-state index contributed by atoms with van der Waals surface area (Å²) in [5.74, 6) is 0.951. The zero-order valence-corrected chi connectivity index (χ0v) is 17.9. The van der Waals surface area contributed by atoms with Crippen LogP contribution in [-0.2, 0) is 4.74 Å². The SMILES string of the molecule is COC(=O)N(c1ccccc1)c1nc2cnc3[nH]ccc3c2n1[C@H]1CC[C@H](CC#N)CC1. The lowest BCUT2D eigenvalue weighted by Gasteiger charge is -2.31. The molecule has 1 N–H and O–H groups in total. The van der Waals surface area contributed by atoms with Crippen LogP contribution in [0.15, 0.2) is 48.8 Å². The standard InChI is InChI=1S/C24H24N6O2/c1-32-24(31)30(17-5-3-2-4-6-17)23-28-20-15-27-22-19(12-14-26-22)21(20)29(23)18-9-7-16(8-10-18)11-13-25/h2-6,12,14-16,18H,7-11H2,1H3,(H,26,27)/t16-,18-. The molecule has 4 aromatic rings. The molecule has 0 saturated heterocycles. The van der Waals surface area contributed by atoms with Crippen molar-refractivity contribution in [1.82, 2.24) is 19.5 Å². The second-order valence-electron chi connectivity index (χ2n) is 8.19. The number of aromatic amines is 1. The molecule has 1 saturated carbocycles. The molecule has 3 heterocycles. The van der Waals surface area contributed by atoms with Crippen molar-refractivity contribution in [2.75, 3.05) is 12.0 Å². The van der Waals surface area contributed by atoms with Crippen molar-refractivity contribution < 1.29 is 9.53 Å². The van der Waals surface area contributed by atoms with Gasteiger partial charge in [0.15, 0.2) is 0 Å². The molecule has 0 spiro atoms. The Balaban J connectivity index is 1.71. The summed E-state index contributed by atoms with van der Waals surface area (Å²) in [6.07, 6.45) is 7.50. The fourth-order valence-electron chi connectivity index (χ4n) is 4.79. The molecule has 1 aliphatic carbocycles. The molecule has 0 unspecified atom stereocenters. The van der Waals surface area contributed by atoms with Gasteiger partial charge in [-0.1, -0.05) is 18.2 Å². The minimum atomic E-state index is -0.496. The number of hydrogen-bond donors (Lipinski definition) is 1. The number of fused-ring (bicyclic) bond motifs is 3. The van der Waals surface area contributed by atoms with Crippen molar-refractivity contribution >= 4 is 39.8 Å². The molecule has 5 rings (SSSR count). The van der Waals surface area contributed by atoms with Crippen LogP contribution < -0.4 is 4.90 Å². The molecular formula is C24H24N6O2. The topological polar surface area (TPSA) is 99.8 Å². The van der Waals surface area contributed by atoms with E-state index in [1.54, 1.807) is 6.20 Å². The Kier molecular flexibility index (Phi) is 5.23. The number of carbonyl (C=O) groups excluding carboxylic acids is 1. The molecule has 1 aromatic carbocycles. The van der Waals surface area contributed by atoms with E-state index in [4.69, 9.17) is 15.0 Å². The number of H-pyrrole nitrogens is 1. The number of carbonyl (C=O) groups is 1. The van der Waals surface area contributed by atoms with Crippen molar-refractivity contribution in [3.8, 4) is 6.07 Å². The van der Waals surface area contributed by atoms with Gasteiger partial charge in [-0.3, -0.25) is 0 Å². The third-order valence-corrected chi connectivity index (χ3v) is 6.35. The quantitative estimate of drug-likeness (QED) is 0.465. The number of methoxy groups -OCH3 is 1. The average molecular weight is 428 g/mol. The first-order valence-corrected chi connectivity index (χ1v) is 10.9. The zero-order valence-electron chi connectivity index (χ0n) is 17.9. The maximum absolute atomic E-state index is 13.0. The van der Waals surface area contributed by atoms with Crippen molar-refractivity contribution in [2.45, 2.75) is 38.1 Å². The summed E-state index contributed by atoms with van der Waals surface area (Å²) in [5, 5.41) is 10.1. The van der Waals surface area contributed by atoms with E-state index in [1.807, 2.05) is 42.6 Å². The molecule has 8 heteroatoms. The summed E-state index contributed by atoms with van der Waals surface area (Å²) in [4.78, 5) is 27.1. The lowest BCUT2D eigenvalue weighted by atomic mass is 9.84. The van der Waals surface area contributed by atoms with Gasteiger partial charge in [0.25, 0.3) is 0 Å². The Morgan fingerprint density at radius 1 is 1.25 bits per heavy atom. The zero-order chi connectivity index (χ0) is 22.1. The highest BCUT2D eigenvalue weighted by atomic mass is 16.5. The number of ether oxygens (including phenoxy) is 1. The molecule has 32 heavy (non-hydrogen) atoms. The number of anilines is 2. The second kappa shape index (κ2) is 8.35. The molecule has 3 aromatic heterocycles. The lowest BCUT2D eigenvalue weighted by molar-refractivity contribution is 0.181. The average Bonchev–Trinajstić information content (AvgIpc) is 3.45. The van der Waals surface area contributed by atoms with Crippen LogP contribution in [0.3, 0.4) is 0 Å². The number of nitriles is 1. The third-order valence-electron chi connectivity index (χ3n) is 6.35. The fourth-order valence-corrected chi connectivity index (χ4v) is 4.79.